The van der Waals surface area contributed by atoms with Crippen LogP contribution in [0.15, 0.2) is 53.4 Å². The molecule has 2 aromatic rings. The number of benzene rings is 2. The number of carbonyl (C=O) groups is 1. The van der Waals surface area contributed by atoms with Crippen LogP contribution < -0.4 is 14.8 Å². The molecule has 0 aliphatic heterocycles. The number of rotatable bonds is 9. The van der Waals surface area contributed by atoms with Crippen molar-refractivity contribution in [2.45, 2.75) is 11.3 Å². The highest BCUT2D eigenvalue weighted by Crippen LogP contribution is 2.24. The smallest absolute Gasteiger partial charge is 0.251 e. The van der Waals surface area contributed by atoms with Gasteiger partial charge >= 0.3 is 0 Å². The first-order valence-corrected chi connectivity index (χ1v) is 9.57. The van der Waals surface area contributed by atoms with Gasteiger partial charge in [-0.1, -0.05) is 30.3 Å². The Labute approximate surface area is 153 Å². The van der Waals surface area contributed by atoms with Crippen LogP contribution in [0.5, 0.6) is 5.75 Å². The summed E-state index contributed by atoms with van der Waals surface area (Å²) < 4.78 is 32.9. The van der Waals surface area contributed by atoms with E-state index in [4.69, 9.17) is 9.84 Å². The average Bonchev–Trinajstić information content (AvgIpc) is 2.66. The Morgan fingerprint density at radius 1 is 1.12 bits per heavy atom. The quantitative estimate of drug-likeness (QED) is 0.602. The average molecular weight is 378 g/mol. The van der Waals surface area contributed by atoms with E-state index in [9.17, 15) is 13.2 Å². The summed E-state index contributed by atoms with van der Waals surface area (Å²) >= 11 is 0. The van der Waals surface area contributed by atoms with Gasteiger partial charge in [0, 0.05) is 18.7 Å². The minimum Gasteiger partial charge on any atom is -0.495 e. The van der Waals surface area contributed by atoms with Crippen LogP contribution in [-0.4, -0.2) is 46.2 Å². The van der Waals surface area contributed by atoms with E-state index in [0.29, 0.717) is 6.42 Å². The van der Waals surface area contributed by atoms with E-state index < -0.39 is 15.9 Å². The number of nitrogens with one attached hydrogen (secondary N) is 2. The first-order valence-electron chi connectivity index (χ1n) is 8.08. The van der Waals surface area contributed by atoms with Crippen molar-refractivity contribution in [2.75, 3.05) is 26.8 Å². The first kappa shape index (κ1) is 19.9. The second kappa shape index (κ2) is 9.33. The third kappa shape index (κ3) is 5.29. The van der Waals surface area contributed by atoms with E-state index in [1.54, 1.807) is 0 Å². The van der Waals surface area contributed by atoms with E-state index in [0.717, 1.165) is 5.56 Å². The van der Waals surface area contributed by atoms with Crippen molar-refractivity contribution < 1.29 is 23.1 Å². The van der Waals surface area contributed by atoms with Crippen LogP contribution >= 0.6 is 0 Å². The van der Waals surface area contributed by atoms with E-state index in [-0.39, 0.29) is 35.9 Å². The number of aliphatic hydroxyl groups is 1. The zero-order valence-corrected chi connectivity index (χ0v) is 15.3. The minimum absolute atomic E-state index is 0.0856. The molecule has 0 aromatic heterocycles. The minimum atomic E-state index is -3.85. The van der Waals surface area contributed by atoms with Crippen LogP contribution in [0.3, 0.4) is 0 Å². The predicted octanol–water partition coefficient (Wildman–Crippen LogP) is 0.938. The van der Waals surface area contributed by atoms with E-state index in [1.165, 1.54) is 25.3 Å². The van der Waals surface area contributed by atoms with Crippen molar-refractivity contribution in [1.82, 2.24) is 10.0 Å². The highest BCUT2D eigenvalue weighted by molar-refractivity contribution is 7.89. The lowest BCUT2D eigenvalue weighted by atomic mass is 10.2. The second-order valence-corrected chi connectivity index (χ2v) is 7.21. The van der Waals surface area contributed by atoms with Crippen LogP contribution in [0.4, 0.5) is 0 Å². The number of hydrogen-bond acceptors (Lipinski definition) is 5. The summed E-state index contributed by atoms with van der Waals surface area (Å²) in [5, 5.41) is 11.3. The van der Waals surface area contributed by atoms with Crippen molar-refractivity contribution in [1.29, 1.82) is 0 Å². The summed E-state index contributed by atoms with van der Waals surface area (Å²) in [6.07, 6.45) is 0.541. The highest BCUT2D eigenvalue weighted by Gasteiger charge is 2.21. The fraction of sp³-hybridized carbons (Fsp3) is 0.278. The lowest BCUT2D eigenvalue weighted by molar-refractivity contribution is 0.0944. The molecule has 0 fully saturated rings. The Kier molecular flexibility index (Phi) is 7.14. The van der Waals surface area contributed by atoms with Crippen molar-refractivity contribution in [3.8, 4) is 5.75 Å². The zero-order chi connectivity index (χ0) is 19.0. The highest BCUT2D eigenvalue weighted by atomic mass is 32.2. The van der Waals surface area contributed by atoms with Crippen LogP contribution in [-0.2, 0) is 16.4 Å². The SMILES string of the molecule is COc1ccc(C(=O)NCCO)cc1S(=O)(=O)NCCc1ccccc1. The number of aliphatic hydroxyl groups excluding tert-OH is 1. The third-order valence-corrected chi connectivity index (χ3v) is 5.14. The second-order valence-electron chi connectivity index (χ2n) is 5.48. The molecule has 7 nitrogen and oxygen atoms in total. The molecule has 0 aliphatic carbocycles. The van der Waals surface area contributed by atoms with Crippen molar-refractivity contribution in [2.24, 2.45) is 0 Å². The predicted molar refractivity (Wildman–Crippen MR) is 97.7 cm³/mol. The van der Waals surface area contributed by atoms with Gasteiger partial charge in [0.25, 0.3) is 5.91 Å². The zero-order valence-electron chi connectivity index (χ0n) is 14.4. The van der Waals surface area contributed by atoms with Gasteiger partial charge in [0.15, 0.2) is 0 Å². The molecular weight excluding hydrogens is 356 g/mol. The molecule has 8 heteroatoms. The summed E-state index contributed by atoms with van der Waals surface area (Å²) in [4.78, 5) is 11.9. The van der Waals surface area contributed by atoms with E-state index in [2.05, 4.69) is 10.0 Å². The van der Waals surface area contributed by atoms with Crippen LogP contribution in [0.25, 0.3) is 0 Å². The standard InChI is InChI=1S/C18H22N2O5S/c1-25-16-8-7-15(18(22)19-11-12-21)13-17(16)26(23,24)20-10-9-14-5-3-2-4-6-14/h2-8,13,20-21H,9-12H2,1H3,(H,19,22). The van der Waals surface area contributed by atoms with E-state index >= 15 is 0 Å². The normalized spacial score (nSPS) is 11.2. The molecule has 0 spiro atoms. The Morgan fingerprint density at radius 3 is 2.50 bits per heavy atom. The summed E-state index contributed by atoms with van der Waals surface area (Å²) in [7, 11) is -2.49. The van der Waals surface area contributed by atoms with Gasteiger partial charge in [0.2, 0.25) is 10.0 Å². The Morgan fingerprint density at radius 2 is 1.85 bits per heavy atom. The molecule has 2 aromatic carbocycles. The van der Waals surface area contributed by atoms with Gasteiger partial charge in [-0.15, -0.1) is 0 Å². The molecule has 3 N–H and O–H groups in total. The maximum absolute atomic E-state index is 12.6. The molecule has 0 saturated heterocycles. The topological polar surface area (TPSA) is 105 Å². The first-order chi connectivity index (χ1) is 12.5. The molecule has 0 bridgehead atoms. The Balaban J connectivity index is 2.16. The summed E-state index contributed by atoms with van der Waals surface area (Å²) in [5.74, 6) is -0.321. The Hall–Kier alpha value is -2.42. The molecular formula is C18H22N2O5S. The van der Waals surface area contributed by atoms with Gasteiger partial charge < -0.3 is 15.2 Å². The fourth-order valence-corrected chi connectivity index (χ4v) is 3.58. The summed E-state index contributed by atoms with van der Waals surface area (Å²) in [5.41, 5.74) is 1.18. The van der Waals surface area contributed by atoms with Gasteiger partial charge in [-0.25, -0.2) is 13.1 Å². The molecule has 0 saturated carbocycles. The molecule has 0 unspecified atom stereocenters. The Bertz CT molecular complexity index is 838. The van der Waals surface area contributed by atoms with Gasteiger partial charge in [-0.05, 0) is 30.2 Å². The van der Waals surface area contributed by atoms with Crippen molar-refractivity contribution in [3.05, 3.63) is 59.7 Å². The number of methoxy groups -OCH3 is 1. The number of carbonyl (C=O) groups excluding carboxylic acids is 1. The number of sulfonamides is 1. The van der Waals surface area contributed by atoms with Crippen LogP contribution in [0, 0.1) is 0 Å². The lowest BCUT2D eigenvalue weighted by Gasteiger charge is -2.12. The number of ether oxygens (including phenoxy) is 1. The maximum Gasteiger partial charge on any atom is 0.251 e. The summed E-state index contributed by atoms with van der Waals surface area (Å²) in [6, 6.07) is 13.7. The van der Waals surface area contributed by atoms with Crippen molar-refractivity contribution in [3.63, 3.8) is 0 Å². The van der Waals surface area contributed by atoms with Gasteiger partial charge in [0.1, 0.15) is 10.6 Å². The molecule has 0 heterocycles. The summed E-state index contributed by atoms with van der Waals surface area (Å²) in [6.45, 7) is 0.104. The lowest BCUT2D eigenvalue weighted by Crippen LogP contribution is -2.28. The third-order valence-electron chi connectivity index (χ3n) is 3.66. The van der Waals surface area contributed by atoms with E-state index in [1.807, 2.05) is 30.3 Å². The van der Waals surface area contributed by atoms with Crippen molar-refractivity contribution >= 4 is 15.9 Å². The fourth-order valence-electron chi connectivity index (χ4n) is 2.35. The number of amides is 1. The molecule has 0 radical (unpaired) electrons. The molecule has 1 amide bonds. The van der Waals surface area contributed by atoms with Gasteiger partial charge in [0.05, 0.1) is 13.7 Å². The molecule has 26 heavy (non-hydrogen) atoms. The van der Waals surface area contributed by atoms with Gasteiger partial charge in [-0.3, -0.25) is 4.79 Å². The molecule has 0 aliphatic rings. The van der Waals surface area contributed by atoms with Crippen LogP contribution in [0.2, 0.25) is 0 Å². The molecule has 0 atom stereocenters. The monoisotopic (exact) mass is 378 g/mol. The molecule has 140 valence electrons. The van der Waals surface area contributed by atoms with Gasteiger partial charge in [-0.2, -0.15) is 0 Å². The van der Waals surface area contributed by atoms with Crippen LogP contribution in [0.1, 0.15) is 15.9 Å². The molecule has 2 rings (SSSR count). The largest absolute Gasteiger partial charge is 0.495 e. The maximum atomic E-state index is 12.6. The number of hydrogen-bond donors (Lipinski definition) is 3.